The second-order valence-electron chi connectivity index (χ2n) is 2.48. The summed E-state index contributed by atoms with van der Waals surface area (Å²) in [5, 5.41) is 44.3. The summed E-state index contributed by atoms with van der Waals surface area (Å²) < 4.78 is 0. The van der Waals surface area contributed by atoms with Crippen molar-refractivity contribution < 1.29 is 25.5 Å². The SMILES string of the molecule is OC[C@@H](O)[C@H](O)[C@H](O)[C@H](O)CS. The Kier molecular flexibility index (Phi) is 5.81. The molecule has 0 aliphatic heterocycles. The Morgan fingerprint density at radius 3 is 1.67 bits per heavy atom. The Balaban J connectivity index is 3.99. The zero-order valence-electron chi connectivity index (χ0n) is 6.41. The lowest BCUT2D eigenvalue weighted by atomic mass is 10.0. The molecule has 0 spiro atoms. The van der Waals surface area contributed by atoms with Crippen LogP contribution in [-0.2, 0) is 0 Å². The van der Waals surface area contributed by atoms with Crippen molar-refractivity contribution in [3.8, 4) is 0 Å². The molecule has 0 rings (SSSR count). The van der Waals surface area contributed by atoms with Crippen LogP contribution in [0.15, 0.2) is 0 Å². The Labute approximate surface area is 75.7 Å². The van der Waals surface area contributed by atoms with Crippen LogP contribution in [0.4, 0.5) is 0 Å². The van der Waals surface area contributed by atoms with E-state index in [0.717, 1.165) is 0 Å². The average Bonchev–Trinajstić information content (AvgIpc) is 2.12. The van der Waals surface area contributed by atoms with Gasteiger partial charge in [0.1, 0.15) is 18.3 Å². The van der Waals surface area contributed by atoms with Crippen LogP contribution in [0.3, 0.4) is 0 Å². The van der Waals surface area contributed by atoms with Crippen molar-refractivity contribution in [3.63, 3.8) is 0 Å². The lowest BCUT2D eigenvalue weighted by Gasteiger charge is -2.24. The maximum Gasteiger partial charge on any atom is 0.111 e. The Morgan fingerprint density at radius 2 is 1.33 bits per heavy atom. The van der Waals surface area contributed by atoms with E-state index in [4.69, 9.17) is 25.5 Å². The first-order chi connectivity index (χ1) is 5.54. The lowest BCUT2D eigenvalue weighted by molar-refractivity contribution is -0.109. The molecular formula is C6H14O5S. The van der Waals surface area contributed by atoms with Gasteiger partial charge in [-0.2, -0.15) is 12.6 Å². The quantitative estimate of drug-likeness (QED) is 0.271. The molecule has 0 fully saturated rings. The normalized spacial score (nSPS) is 21.5. The fraction of sp³-hybridized carbons (Fsp3) is 1.00. The van der Waals surface area contributed by atoms with Crippen molar-refractivity contribution >= 4 is 12.6 Å². The molecule has 12 heavy (non-hydrogen) atoms. The third-order valence-corrected chi connectivity index (χ3v) is 1.89. The van der Waals surface area contributed by atoms with Gasteiger partial charge in [-0.25, -0.2) is 0 Å². The van der Waals surface area contributed by atoms with Gasteiger partial charge in [0.15, 0.2) is 0 Å². The van der Waals surface area contributed by atoms with Crippen LogP contribution in [0.5, 0.6) is 0 Å². The first-order valence-corrected chi connectivity index (χ1v) is 4.11. The van der Waals surface area contributed by atoms with Crippen molar-refractivity contribution in [1.29, 1.82) is 0 Å². The summed E-state index contributed by atoms with van der Waals surface area (Å²) in [5.74, 6) is -0.0314. The zero-order valence-corrected chi connectivity index (χ0v) is 7.30. The second-order valence-corrected chi connectivity index (χ2v) is 2.85. The van der Waals surface area contributed by atoms with E-state index < -0.39 is 31.0 Å². The number of rotatable bonds is 5. The van der Waals surface area contributed by atoms with Crippen LogP contribution in [0.1, 0.15) is 0 Å². The van der Waals surface area contributed by atoms with E-state index in [0.29, 0.717) is 0 Å². The van der Waals surface area contributed by atoms with E-state index >= 15 is 0 Å². The van der Waals surface area contributed by atoms with Crippen LogP contribution < -0.4 is 0 Å². The molecule has 0 radical (unpaired) electrons. The molecule has 4 atom stereocenters. The highest BCUT2D eigenvalue weighted by molar-refractivity contribution is 7.80. The fourth-order valence-corrected chi connectivity index (χ4v) is 0.887. The summed E-state index contributed by atoms with van der Waals surface area (Å²) in [6.07, 6.45) is -5.72. The van der Waals surface area contributed by atoms with Gasteiger partial charge in [0.2, 0.25) is 0 Å². The van der Waals surface area contributed by atoms with E-state index in [-0.39, 0.29) is 5.75 Å². The molecule has 0 heterocycles. The topological polar surface area (TPSA) is 101 Å². The largest absolute Gasteiger partial charge is 0.394 e. The monoisotopic (exact) mass is 198 g/mol. The minimum atomic E-state index is -1.56. The third kappa shape index (κ3) is 3.26. The predicted molar refractivity (Wildman–Crippen MR) is 45.0 cm³/mol. The minimum absolute atomic E-state index is 0.0314. The average molecular weight is 198 g/mol. The molecule has 0 aliphatic rings. The Bertz CT molecular complexity index is 109. The van der Waals surface area contributed by atoms with Gasteiger partial charge < -0.3 is 25.5 Å². The standard InChI is InChI=1S/C6H14O5S/c7-1-3(8)5(10)6(11)4(9)2-12/h3-12H,1-2H2/t3-,4-,5+,6-/m1/s1. The minimum Gasteiger partial charge on any atom is -0.394 e. The molecule has 74 valence electrons. The van der Waals surface area contributed by atoms with Gasteiger partial charge in [0.25, 0.3) is 0 Å². The number of thiol groups is 1. The zero-order chi connectivity index (χ0) is 9.72. The van der Waals surface area contributed by atoms with Crippen molar-refractivity contribution in [2.24, 2.45) is 0 Å². The molecule has 0 bridgehead atoms. The summed E-state index contributed by atoms with van der Waals surface area (Å²) in [7, 11) is 0. The van der Waals surface area contributed by atoms with Crippen molar-refractivity contribution in [2.75, 3.05) is 12.4 Å². The van der Waals surface area contributed by atoms with Crippen LogP contribution in [-0.4, -0.2) is 62.3 Å². The van der Waals surface area contributed by atoms with Crippen LogP contribution in [0, 0.1) is 0 Å². The third-order valence-electron chi connectivity index (χ3n) is 1.51. The maximum absolute atomic E-state index is 9.07. The van der Waals surface area contributed by atoms with E-state index in [1.54, 1.807) is 0 Å². The van der Waals surface area contributed by atoms with Gasteiger partial charge in [-0.3, -0.25) is 0 Å². The van der Waals surface area contributed by atoms with Gasteiger partial charge in [0.05, 0.1) is 12.7 Å². The number of aliphatic hydroxyl groups is 5. The molecule has 0 amide bonds. The molecule has 5 N–H and O–H groups in total. The molecule has 6 heteroatoms. The highest BCUT2D eigenvalue weighted by Gasteiger charge is 2.28. The van der Waals surface area contributed by atoms with Crippen LogP contribution in [0.2, 0.25) is 0 Å². The molecule has 0 aromatic rings. The number of hydrogen-bond acceptors (Lipinski definition) is 6. The van der Waals surface area contributed by atoms with Crippen molar-refractivity contribution in [3.05, 3.63) is 0 Å². The molecule has 0 aliphatic carbocycles. The molecule has 5 nitrogen and oxygen atoms in total. The van der Waals surface area contributed by atoms with E-state index in [9.17, 15) is 0 Å². The highest BCUT2D eigenvalue weighted by atomic mass is 32.1. The van der Waals surface area contributed by atoms with Gasteiger partial charge in [-0.1, -0.05) is 0 Å². The molecular weight excluding hydrogens is 184 g/mol. The molecule has 0 unspecified atom stereocenters. The first kappa shape index (κ1) is 12.2. The van der Waals surface area contributed by atoms with E-state index in [1.807, 2.05) is 0 Å². The van der Waals surface area contributed by atoms with E-state index in [2.05, 4.69) is 12.6 Å². The van der Waals surface area contributed by atoms with Gasteiger partial charge in [-0.05, 0) is 0 Å². The summed E-state index contributed by atoms with van der Waals surface area (Å²) in [6.45, 7) is -0.669. The van der Waals surface area contributed by atoms with Gasteiger partial charge in [0, 0.05) is 5.75 Å². The summed E-state index contributed by atoms with van der Waals surface area (Å²) in [5.41, 5.74) is 0. The number of hydrogen-bond donors (Lipinski definition) is 6. The maximum atomic E-state index is 9.07. The smallest absolute Gasteiger partial charge is 0.111 e. The van der Waals surface area contributed by atoms with Gasteiger partial charge in [-0.15, -0.1) is 0 Å². The molecule has 0 saturated heterocycles. The second kappa shape index (κ2) is 5.74. The van der Waals surface area contributed by atoms with Crippen LogP contribution >= 0.6 is 12.6 Å². The van der Waals surface area contributed by atoms with Crippen molar-refractivity contribution in [1.82, 2.24) is 0 Å². The summed E-state index contributed by atoms with van der Waals surface area (Å²) >= 11 is 3.68. The Hall–Kier alpha value is 0.150. The lowest BCUT2D eigenvalue weighted by Crippen LogP contribution is -2.46. The first-order valence-electron chi connectivity index (χ1n) is 3.48. The highest BCUT2D eigenvalue weighted by Crippen LogP contribution is 2.05. The predicted octanol–water partition coefficient (Wildman–Crippen LogP) is -2.65. The number of aliphatic hydroxyl groups excluding tert-OH is 5. The summed E-state index contributed by atoms with van der Waals surface area (Å²) in [4.78, 5) is 0. The summed E-state index contributed by atoms with van der Waals surface area (Å²) in [6, 6.07) is 0. The molecule has 0 aromatic carbocycles. The van der Waals surface area contributed by atoms with Crippen LogP contribution in [0.25, 0.3) is 0 Å². The Morgan fingerprint density at radius 1 is 0.917 bits per heavy atom. The molecule has 0 aromatic heterocycles. The van der Waals surface area contributed by atoms with Crippen molar-refractivity contribution in [2.45, 2.75) is 24.4 Å². The fourth-order valence-electron chi connectivity index (χ4n) is 0.671. The van der Waals surface area contributed by atoms with E-state index in [1.165, 1.54) is 0 Å². The molecule has 0 saturated carbocycles. The van der Waals surface area contributed by atoms with Gasteiger partial charge >= 0.3 is 0 Å².